The third-order valence-corrected chi connectivity index (χ3v) is 8.48. The molecule has 4 aromatic carbocycles. The van der Waals surface area contributed by atoms with Gasteiger partial charge in [-0.05, 0) is 37.1 Å². The van der Waals surface area contributed by atoms with Crippen LogP contribution in [0.1, 0.15) is 36.8 Å². The van der Waals surface area contributed by atoms with Gasteiger partial charge in [0.2, 0.25) is 0 Å². The number of aliphatic imine (C=N–C) groups is 2. The number of hydrogen-bond acceptors (Lipinski definition) is 6. The van der Waals surface area contributed by atoms with E-state index in [0.29, 0.717) is 11.1 Å². The lowest BCUT2D eigenvalue weighted by Crippen LogP contribution is -2.27. The van der Waals surface area contributed by atoms with Crippen LogP contribution in [0.15, 0.2) is 119 Å². The van der Waals surface area contributed by atoms with Gasteiger partial charge in [-0.15, -0.1) is 0 Å². The average Bonchev–Trinajstić information content (AvgIpc) is 3.07. The normalized spacial score (nSPS) is 17.2. The highest BCUT2D eigenvalue weighted by Crippen LogP contribution is 2.37. The van der Waals surface area contributed by atoms with E-state index in [1.165, 1.54) is 0 Å². The number of hydrogen-bond donors (Lipinski definition) is 2. The Morgan fingerprint density at radius 1 is 0.523 bits per heavy atom. The molecule has 2 aromatic heterocycles. The number of aromatic hydroxyl groups is 2. The Labute approximate surface area is 256 Å². The van der Waals surface area contributed by atoms with Gasteiger partial charge in [0.25, 0.3) is 0 Å². The summed E-state index contributed by atoms with van der Waals surface area (Å²) < 4.78 is 0. The number of phenols is 2. The lowest BCUT2D eigenvalue weighted by Gasteiger charge is -2.25. The molecule has 1 fully saturated rings. The maximum atomic E-state index is 11.3. The molecule has 1 aliphatic rings. The molecule has 2 heterocycles. The molecule has 1 saturated carbocycles. The Kier molecular flexibility index (Phi) is 7.55. The summed E-state index contributed by atoms with van der Waals surface area (Å²) in [5.41, 5.74) is 6.27. The van der Waals surface area contributed by atoms with Gasteiger partial charge in [-0.3, -0.25) is 20.0 Å². The number of para-hydroxylation sites is 4. The smallest absolute Gasteiger partial charge is 0.132 e. The van der Waals surface area contributed by atoms with Crippen LogP contribution in [-0.4, -0.2) is 44.7 Å². The molecule has 0 bridgehead atoms. The van der Waals surface area contributed by atoms with Crippen molar-refractivity contribution in [1.29, 1.82) is 0 Å². The van der Waals surface area contributed by atoms with Crippen molar-refractivity contribution < 1.29 is 10.2 Å². The maximum absolute atomic E-state index is 11.3. The first-order chi connectivity index (χ1) is 21.7. The Balaban J connectivity index is 1.15. The highest BCUT2D eigenvalue weighted by Gasteiger charge is 2.24. The molecule has 6 aromatic rings. The van der Waals surface area contributed by atoms with Crippen molar-refractivity contribution in [2.75, 3.05) is 0 Å². The Hall–Kier alpha value is -5.36. The zero-order chi connectivity index (χ0) is 29.9. The van der Waals surface area contributed by atoms with Crippen LogP contribution in [0.5, 0.6) is 11.5 Å². The molecule has 6 nitrogen and oxygen atoms in total. The Bertz CT molecular complexity index is 1880. The van der Waals surface area contributed by atoms with Crippen molar-refractivity contribution in [3.8, 4) is 33.8 Å². The summed E-state index contributed by atoms with van der Waals surface area (Å²) in [5, 5.41) is 24.6. The van der Waals surface area contributed by atoms with Crippen LogP contribution in [0.4, 0.5) is 0 Å². The second-order valence-corrected chi connectivity index (χ2v) is 11.2. The van der Waals surface area contributed by atoms with Gasteiger partial charge in [0, 0.05) is 69.0 Å². The third-order valence-electron chi connectivity index (χ3n) is 8.48. The SMILES string of the molecule is Oc1c(C=NC2CCCCC2N=Cc2cccc(-c3cccc4cccnc34)c2O)cccc1-c1cccc2cccnc12. The number of pyridine rings is 2. The average molecular weight is 577 g/mol. The molecule has 0 radical (unpaired) electrons. The van der Waals surface area contributed by atoms with Crippen molar-refractivity contribution in [3.63, 3.8) is 0 Å². The van der Waals surface area contributed by atoms with Gasteiger partial charge in [-0.1, -0.05) is 85.6 Å². The van der Waals surface area contributed by atoms with Crippen LogP contribution in [0.3, 0.4) is 0 Å². The van der Waals surface area contributed by atoms with Crippen LogP contribution >= 0.6 is 0 Å². The molecule has 2 unspecified atom stereocenters. The number of phenolic OH excluding ortho intramolecular Hbond substituents is 2. The lowest BCUT2D eigenvalue weighted by atomic mass is 9.91. The van der Waals surface area contributed by atoms with Gasteiger partial charge in [-0.2, -0.15) is 0 Å². The van der Waals surface area contributed by atoms with E-state index in [0.717, 1.165) is 69.7 Å². The molecule has 0 aliphatic heterocycles. The molecule has 0 spiro atoms. The number of aromatic nitrogens is 2. The third kappa shape index (κ3) is 5.31. The van der Waals surface area contributed by atoms with Crippen LogP contribution in [-0.2, 0) is 0 Å². The lowest BCUT2D eigenvalue weighted by molar-refractivity contribution is 0.390. The zero-order valence-corrected chi connectivity index (χ0v) is 24.2. The molecule has 0 amide bonds. The molecule has 7 rings (SSSR count). The maximum Gasteiger partial charge on any atom is 0.132 e. The van der Waals surface area contributed by atoms with E-state index in [1.807, 2.05) is 97.1 Å². The first-order valence-corrected chi connectivity index (χ1v) is 15.1. The molecule has 0 saturated heterocycles. The number of nitrogens with zero attached hydrogens (tertiary/aromatic N) is 4. The molecule has 6 heteroatoms. The molecular weight excluding hydrogens is 544 g/mol. The Morgan fingerprint density at radius 2 is 0.932 bits per heavy atom. The quantitative estimate of drug-likeness (QED) is 0.195. The molecule has 2 atom stereocenters. The van der Waals surface area contributed by atoms with E-state index < -0.39 is 0 Å². The molecule has 44 heavy (non-hydrogen) atoms. The summed E-state index contributed by atoms with van der Waals surface area (Å²) in [4.78, 5) is 19.0. The summed E-state index contributed by atoms with van der Waals surface area (Å²) in [5.74, 6) is 0.379. The van der Waals surface area contributed by atoms with Crippen molar-refractivity contribution in [2.45, 2.75) is 37.8 Å². The Morgan fingerprint density at radius 3 is 1.41 bits per heavy atom. The summed E-state index contributed by atoms with van der Waals surface area (Å²) in [7, 11) is 0. The number of benzene rings is 4. The van der Waals surface area contributed by atoms with Gasteiger partial charge in [0.1, 0.15) is 11.5 Å². The van der Waals surface area contributed by atoms with Gasteiger partial charge in [0.05, 0.1) is 23.1 Å². The van der Waals surface area contributed by atoms with Gasteiger partial charge in [0.15, 0.2) is 0 Å². The van der Waals surface area contributed by atoms with E-state index >= 15 is 0 Å². The van der Waals surface area contributed by atoms with Crippen molar-refractivity contribution in [1.82, 2.24) is 9.97 Å². The van der Waals surface area contributed by atoms with Crippen molar-refractivity contribution >= 4 is 34.2 Å². The topological polar surface area (TPSA) is 91.0 Å². The molecule has 2 N–H and O–H groups in total. The zero-order valence-electron chi connectivity index (χ0n) is 24.2. The minimum absolute atomic E-state index is 0.0186. The van der Waals surface area contributed by atoms with Gasteiger partial charge in [-0.25, -0.2) is 0 Å². The molecule has 1 aliphatic carbocycles. The van der Waals surface area contributed by atoms with E-state index in [-0.39, 0.29) is 23.6 Å². The summed E-state index contributed by atoms with van der Waals surface area (Å²) in [6.45, 7) is 0. The highest BCUT2D eigenvalue weighted by atomic mass is 16.3. The van der Waals surface area contributed by atoms with Crippen LogP contribution in [0.25, 0.3) is 44.1 Å². The first kappa shape index (κ1) is 27.5. The van der Waals surface area contributed by atoms with Crippen LogP contribution in [0, 0.1) is 0 Å². The molecule has 216 valence electrons. The standard InChI is InChI=1S/C38H32N4O2/c43-37-27(11-5-17-31(37)29-15-3-9-25-13-7-21-39-35(25)29)23-41-33-19-1-2-20-34(33)42-24-28-12-6-18-32(38(28)44)30-16-4-10-26-14-8-22-40-36(26)30/h3-18,21-24,33-34,43-44H,1-2,19-20H2. The second kappa shape index (κ2) is 12.1. The first-order valence-electron chi connectivity index (χ1n) is 15.1. The number of rotatable bonds is 6. The summed E-state index contributed by atoms with van der Waals surface area (Å²) in [6, 6.07) is 31.3. The predicted octanol–water partition coefficient (Wildman–Crippen LogP) is 8.38. The van der Waals surface area contributed by atoms with E-state index in [4.69, 9.17) is 9.98 Å². The largest absolute Gasteiger partial charge is 0.507 e. The van der Waals surface area contributed by atoms with E-state index in [1.54, 1.807) is 24.8 Å². The monoisotopic (exact) mass is 576 g/mol. The van der Waals surface area contributed by atoms with Crippen LogP contribution in [0.2, 0.25) is 0 Å². The van der Waals surface area contributed by atoms with Gasteiger partial charge >= 0.3 is 0 Å². The fraction of sp³-hybridized carbons (Fsp3) is 0.158. The summed E-state index contributed by atoms with van der Waals surface area (Å²) in [6.07, 6.45) is 11.1. The second-order valence-electron chi connectivity index (χ2n) is 11.2. The van der Waals surface area contributed by atoms with Crippen LogP contribution < -0.4 is 0 Å². The fourth-order valence-electron chi connectivity index (χ4n) is 6.20. The molecular formula is C38H32N4O2. The summed E-state index contributed by atoms with van der Waals surface area (Å²) >= 11 is 0. The predicted molar refractivity (Wildman–Crippen MR) is 179 cm³/mol. The van der Waals surface area contributed by atoms with Gasteiger partial charge < -0.3 is 10.2 Å². The van der Waals surface area contributed by atoms with Crippen molar-refractivity contribution in [3.05, 3.63) is 121 Å². The minimum Gasteiger partial charge on any atom is -0.507 e. The van der Waals surface area contributed by atoms with Crippen molar-refractivity contribution in [2.24, 2.45) is 9.98 Å². The highest BCUT2D eigenvalue weighted by molar-refractivity contribution is 5.99. The van der Waals surface area contributed by atoms with E-state index in [9.17, 15) is 10.2 Å². The number of fused-ring (bicyclic) bond motifs is 2. The van der Waals surface area contributed by atoms with E-state index in [2.05, 4.69) is 9.97 Å². The fourth-order valence-corrected chi connectivity index (χ4v) is 6.20. The minimum atomic E-state index is -0.0186.